The zero-order chi connectivity index (χ0) is 25.2. The van der Waals surface area contributed by atoms with E-state index in [0.29, 0.717) is 24.5 Å². The third-order valence-corrected chi connectivity index (χ3v) is 6.99. The van der Waals surface area contributed by atoms with Crippen LogP contribution in [0.5, 0.6) is 0 Å². The summed E-state index contributed by atoms with van der Waals surface area (Å²) < 4.78 is 4.11. The van der Waals surface area contributed by atoms with Gasteiger partial charge in [0.2, 0.25) is 0 Å². The second-order valence-corrected chi connectivity index (χ2v) is 9.47. The second-order valence-electron chi connectivity index (χ2n) is 9.47. The molecule has 3 N–H and O–H groups in total. The predicted molar refractivity (Wildman–Crippen MR) is 143 cm³/mol. The van der Waals surface area contributed by atoms with Crippen molar-refractivity contribution < 1.29 is 5.11 Å². The molecule has 2 atom stereocenters. The second kappa shape index (κ2) is 10.1. The van der Waals surface area contributed by atoms with Gasteiger partial charge in [0, 0.05) is 42.1 Å². The Morgan fingerprint density at radius 2 is 1.94 bits per heavy atom. The van der Waals surface area contributed by atoms with Crippen molar-refractivity contribution in [1.29, 1.82) is 0 Å². The fourth-order valence-corrected chi connectivity index (χ4v) is 5.08. The number of hydrogen-bond donors (Lipinski definition) is 2. The van der Waals surface area contributed by atoms with Gasteiger partial charge in [0.15, 0.2) is 0 Å². The van der Waals surface area contributed by atoms with Crippen molar-refractivity contribution in [3.05, 3.63) is 60.0 Å². The maximum Gasteiger partial charge on any atom is 0.143 e. The lowest BCUT2D eigenvalue weighted by Gasteiger charge is -2.27. The quantitative estimate of drug-likeness (QED) is 0.292. The minimum absolute atomic E-state index is 0.0376. The molecule has 0 saturated carbocycles. The first-order valence-electron chi connectivity index (χ1n) is 12.7. The summed E-state index contributed by atoms with van der Waals surface area (Å²) in [6.45, 7) is 8.26. The highest BCUT2D eigenvalue weighted by atomic mass is 16.3. The topological polar surface area (TPSA) is 110 Å². The van der Waals surface area contributed by atoms with Crippen LogP contribution in [0.15, 0.2) is 53.8 Å². The number of aliphatic hydroxyl groups excluding tert-OH is 1. The first-order chi connectivity index (χ1) is 17.5. The Labute approximate surface area is 211 Å². The Bertz CT molecular complexity index is 1360. The van der Waals surface area contributed by atoms with Crippen LogP contribution in [-0.2, 0) is 13.1 Å². The van der Waals surface area contributed by atoms with Crippen LogP contribution in [0.2, 0.25) is 0 Å². The van der Waals surface area contributed by atoms with Crippen LogP contribution >= 0.6 is 0 Å². The zero-order valence-corrected chi connectivity index (χ0v) is 21.2. The van der Waals surface area contributed by atoms with Gasteiger partial charge in [-0.05, 0) is 70.0 Å². The molecule has 0 aliphatic carbocycles. The number of aromatic nitrogens is 5. The van der Waals surface area contributed by atoms with Gasteiger partial charge in [-0.25, -0.2) is 9.97 Å². The molecule has 0 spiro atoms. The number of amidine groups is 1. The number of rotatable bonds is 8. The van der Waals surface area contributed by atoms with Gasteiger partial charge in [-0.3, -0.25) is 9.67 Å². The van der Waals surface area contributed by atoms with Crippen LogP contribution in [0.3, 0.4) is 0 Å². The first kappa shape index (κ1) is 24.0. The number of pyridine rings is 1. The molecule has 1 aliphatic rings. The molecule has 1 fully saturated rings. The molecule has 1 saturated heterocycles. The van der Waals surface area contributed by atoms with E-state index in [-0.39, 0.29) is 13.2 Å². The Balaban J connectivity index is 1.56. The molecule has 4 aromatic rings. The first-order valence-corrected chi connectivity index (χ1v) is 12.7. The van der Waals surface area contributed by atoms with Crippen LogP contribution in [0.4, 0.5) is 5.82 Å². The average molecular weight is 487 g/mol. The molecule has 4 heterocycles. The number of imidazole rings is 1. The van der Waals surface area contributed by atoms with E-state index in [1.165, 1.54) is 12.8 Å². The van der Waals surface area contributed by atoms with Crippen LogP contribution < -0.4 is 10.6 Å². The van der Waals surface area contributed by atoms with Crippen LogP contribution in [-0.4, -0.2) is 60.5 Å². The number of nitrogens with zero attached hydrogens (tertiary/aromatic N) is 7. The van der Waals surface area contributed by atoms with E-state index < -0.39 is 0 Å². The van der Waals surface area contributed by atoms with Gasteiger partial charge in [-0.15, -0.1) is 0 Å². The third kappa shape index (κ3) is 4.58. The molecule has 5 rings (SSSR count). The molecular weight excluding hydrogens is 452 g/mol. The van der Waals surface area contributed by atoms with Crippen LogP contribution in [0.25, 0.3) is 22.4 Å². The lowest BCUT2D eigenvalue weighted by Crippen LogP contribution is -2.33. The van der Waals surface area contributed by atoms with Crippen molar-refractivity contribution in [1.82, 2.24) is 24.3 Å². The molecule has 1 aromatic carbocycles. The molecule has 9 heteroatoms. The van der Waals surface area contributed by atoms with Crippen molar-refractivity contribution in [2.75, 3.05) is 18.1 Å². The fraction of sp³-hybridized carbons (Fsp3) is 0.407. The minimum atomic E-state index is -0.0376. The molecule has 0 bridgehead atoms. The number of aliphatic hydroxyl groups is 1. The normalized spacial score (nSPS) is 18.4. The lowest BCUT2D eigenvalue weighted by molar-refractivity contribution is 0.307. The highest BCUT2D eigenvalue weighted by Crippen LogP contribution is 2.31. The van der Waals surface area contributed by atoms with Crippen molar-refractivity contribution in [2.24, 2.45) is 10.7 Å². The van der Waals surface area contributed by atoms with Crippen molar-refractivity contribution in [3.8, 4) is 11.4 Å². The number of hydrogen-bond acceptors (Lipinski definition) is 6. The molecule has 0 radical (unpaired) electrons. The van der Waals surface area contributed by atoms with Gasteiger partial charge >= 0.3 is 0 Å². The van der Waals surface area contributed by atoms with Crippen LogP contribution in [0, 0.1) is 0 Å². The summed E-state index contributed by atoms with van der Waals surface area (Å²) in [5.74, 6) is 2.24. The van der Waals surface area contributed by atoms with E-state index in [1.807, 2.05) is 41.3 Å². The standard InChI is InChI=1S/C27H34N8O/c1-4-33-13-11-22(32-33)17-34-24-9-7-20(26(28)29-12-14-36)15-23(24)31-27(34)21-8-10-25(30-16-21)35-18(2)5-6-19(35)3/h7-11,13,15-16,18-19,36H,4-6,12,14,17H2,1-3H3,(H2,28,29)/t18-,19-/m0/s1. The van der Waals surface area contributed by atoms with Gasteiger partial charge in [-0.1, -0.05) is 0 Å². The van der Waals surface area contributed by atoms with Gasteiger partial charge in [0.1, 0.15) is 17.5 Å². The van der Waals surface area contributed by atoms with E-state index >= 15 is 0 Å². The Morgan fingerprint density at radius 1 is 1.14 bits per heavy atom. The van der Waals surface area contributed by atoms with E-state index in [9.17, 15) is 0 Å². The van der Waals surface area contributed by atoms with E-state index in [4.69, 9.17) is 25.9 Å². The van der Waals surface area contributed by atoms with Gasteiger partial charge in [0.25, 0.3) is 0 Å². The van der Waals surface area contributed by atoms with Gasteiger partial charge in [-0.2, -0.15) is 5.10 Å². The maximum atomic E-state index is 9.08. The highest BCUT2D eigenvalue weighted by Gasteiger charge is 2.28. The van der Waals surface area contributed by atoms with Crippen molar-refractivity contribution >= 4 is 22.7 Å². The number of anilines is 1. The smallest absolute Gasteiger partial charge is 0.143 e. The van der Waals surface area contributed by atoms with Crippen molar-refractivity contribution in [3.63, 3.8) is 0 Å². The van der Waals surface area contributed by atoms with E-state index in [0.717, 1.165) is 46.0 Å². The molecule has 1 aliphatic heterocycles. The summed E-state index contributed by atoms with van der Waals surface area (Å²) in [7, 11) is 0. The molecule has 9 nitrogen and oxygen atoms in total. The molecule has 0 amide bonds. The fourth-order valence-electron chi connectivity index (χ4n) is 5.08. The molecule has 36 heavy (non-hydrogen) atoms. The minimum Gasteiger partial charge on any atom is -0.394 e. The highest BCUT2D eigenvalue weighted by molar-refractivity contribution is 6.00. The molecular formula is C27H34N8O. The monoisotopic (exact) mass is 486 g/mol. The predicted octanol–water partition coefficient (Wildman–Crippen LogP) is 3.44. The van der Waals surface area contributed by atoms with Gasteiger partial charge in [0.05, 0.1) is 36.4 Å². The molecule has 3 aromatic heterocycles. The summed E-state index contributed by atoms with van der Waals surface area (Å²) in [6, 6.07) is 13.2. The third-order valence-electron chi connectivity index (χ3n) is 6.99. The summed E-state index contributed by atoms with van der Waals surface area (Å²) in [4.78, 5) is 16.5. The summed E-state index contributed by atoms with van der Waals surface area (Å²) >= 11 is 0. The number of benzene rings is 1. The summed E-state index contributed by atoms with van der Waals surface area (Å²) in [5, 5.41) is 13.8. The van der Waals surface area contributed by atoms with E-state index in [1.54, 1.807) is 0 Å². The largest absolute Gasteiger partial charge is 0.394 e. The van der Waals surface area contributed by atoms with Gasteiger partial charge < -0.3 is 20.3 Å². The summed E-state index contributed by atoms with van der Waals surface area (Å²) in [5.41, 5.74) is 10.7. The lowest BCUT2D eigenvalue weighted by atomic mass is 10.2. The molecule has 0 unspecified atom stereocenters. The van der Waals surface area contributed by atoms with Crippen molar-refractivity contribution in [2.45, 2.75) is 58.8 Å². The number of fused-ring (bicyclic) bond motifs is 1. The number of aliphatic imine (C=N–C) groups is 1. The summed E-state index contributed by atoms with van der Waals surface area (Å²) in [6.07, 6.45) is 6.31. The number of nitrogens with two attached hydrogens (primary N) is 1. The van der Waals surface area contributed by atoms with Crippen LogP contribution in [0.1, 0.15) is 44.9 Å². The SMILES string of the molecule is CCn1ccc(Cn2c(-c3ccc(N4[C@@H](C)CC[C@@H]4C)nc3)nc3cc(C(N)=NCCO)ccc32)n1. The Hall–Kier alpha value is -3.72. The number of aryl methyl sites for hydroxylation is 1. The molecule has 188 valence electrons. The zero-order valence-electron chi connectivity index (χ0n) is 21.2. The maximum absolute atomic E-state index is 9.08. The Morgan fingerprint density at radius 3 is 2.61 bits per heavy atom. The Kier molecular flexibility index (Phi) is 6.73. The average Bonchev–Trinajstić information content (AvgIpc) is 3.60. The van der Waals surface area contributed by atoms with E-state index in [2.05, 4.69) is 47.4 Å².